The molecule has 0 saturated heterocycles. The third-order valence-electron chi connectivity index (χ3n) is 4.98. The molecule has 35 heavy (non-hydrogen) atoms. The Hall–Kier alpha value is -1.65. The van der Waals surface area contributed by atoms with Crippen molar-refractivity contribution in [3.63, 3.8) is 0 Å². The molecule has 1 aromatic heterocycles. The van der Waals surface area contributed by atoms with Gasteiger partial charge in [0.15, 0.2) is 0 Å². The van der Waals surface area contributed by atoms with Gasteiger partial charge < -0.3 is 35.0 Å². The Bertz CT molecular complexity index is 1010. The number of pyridine rings is 1. The summed E-state index contributed by atoms with van der Waals surface area (Å²) in [7, 11) is 0. The average molecular weight is 552 g/mol. The van der Waals surface area contributed by atoms with Crippen molar-refractivity contribution in [1.29, 1.82) is 0 Å². The topological polar surface area (TPSA) is 53.4 Å². The first-order chi connectivity index (χ1) is 15.1. The predicted molar refractivity (Wildman–Crippen MR) is 137 cm³/mol. The summed E-state index contributed by atoms with van der Waals surface area (Å²) in [4.78, 5) is 4.02. The van der Waals surface area contributed by atoms with Gasteiger partial charge in [-0.1, -0.05) is 76.9 Å². The van der Waals surface area contributed by atoms with Crippen LogP contribution in [0.1, 0.15) is 74.9 Å². The second-order valence-electron chi connectivity index (χ2n) is 10.5. The van der Waals surface area contributed by atoms with E-state index in [2.05, 4.69) is 52.6 Å². The number of aryl methyl sites for hydroxylation is 3. The van der Waals surface area contributed by atoms with Crippen molar-refractivity contribution in [1.82, 2.24) is 4.98 Å². The van der Waals surface area contributed by atoms with Gasteiger partial charge in [0, 0.05) is 0 Å². The van der Waals surface area contributed by atoms with Crippen LogP contribution in [0, 0.1) is 20.8 Å². The molecule has 0 spiro atoms. The fourth-order valence-corrected chi connectivity index (χ4v) is 3.40. The van der Waals surface area contributed by atoms with Gasteiger partial charge in [0.05, 0.1) is 0 Å². The molecule has 0 aliphatic heterocycles. The first-order valence-electron chi connectivity index (χ1n) is 11.2. The van der Waals surface area contributed by atoms with Crippen molar-refractivity contribution >= 4 is 4.31 Å². The summed E-state index contributed by atoms with van der Waals surface area (Å²) in [5.74, 6) is 0.793. The minimum Gasteiger partial charge on any atom is -1.00 e. The van der Waals surface area contributed by atoms with Crippen LogP contribution in [0.2, 0.25) is 0 Å². The van der Waals surface area contributed by atoms with E-state index in [9.17, 15) is 10.2 Å². The second-order valence-corrected chi connectivity index (χ2v) is 10.9. The zero-order valence-corrected chi connectivity index (χ0v) is 25.4. The number of phenols is 2. The largest absolute Gasteiger partial charge is 1.00 e. The normalized spacial score (nSPS) is 10.3. The van der Waals surface area contributed by atoms with Crippen molar-refractivity contribution in [3.05, 3.63) is 88.2 Å². The molecule has 0 fully saturated rings. The van der Waals surface area contributed by atoms with E-state index in [1.165, 1.54) is 22.3 Å². The number of hydrogen-bond donors (Lipinski definition) is 2. The first-order valence-corrected chi connectivity index (χ1v) is 12.1. The Balaban J connectivity index is 0. The van der Waals surface area contributed by atoms with Crippen LogP contribution in [-0.4, -0.2) is 19.5 Å². The van der Waals surface area contributed by atoms with E-state index in [4.69, 9.17) is 0 Å². The average Bonchev–Trinajstić information content (AvgIpc) is 2.71. The van der Waals surface area contributed by atoms with Gasteiger partial charge in [0.2, 0.25) is 0 Å². The van der Waals surface area contributed by atoms with Gasteiger partial charge in [0.25, 0.3) is 0 Å². The molecular formula is C29H39Cl2NO2Ti-2. The van der Waals surface area contributed by atoms with E-state index < -0.39 is 0 Å². The third-order valence-corrected chi connectivity index (χ3v) is 5.50. The van der Waals surface area contributed by atoms with Gasteiger partial charge in [-0.3, -0.25) is 0 Å². The van der Waals surface area contributed by atoms with E-state index in [1.54, 1.807) is 12.1 Å². The van der Waals surface area contributed by atoms with E-state index in [-0.39, 0.29) is 35.6 Å². The number of aromatic hydroxyl groups is 2. The van der Waals surface area contributed by atoms with Crippen LogP contribution in [0.4, 0.5) is 0 Å². The molecule has 6 heteroatoms. The van der Waals surface area contributed by atoms with Crippen LogP contribution in [0.5, 0.6) is 11.5 Å². The van der Waals surface area contributed by atoms with Crippen molar-refractivity contribution < 1.29 is 55.0 Å². The summed E-state index contributed by atoms with van der Waals surface area (Å²) in [6, 6.07) is 13.5. The van der Waals surface area contributed by atoms with E-state index >= 15 is 0 Å². The van der Waals surface area contributed by atoms with Crippen molar-refractivity contribution in [2.45, 2.75) is 73.1 Å². The number of phenolic OH excluding ortho intramolecular Hbond substituents is 2. The maximum atomic E-state index is 9.57. The molecule has 0 bridgehead atoms. The molecule has 192 valence electrons. The Morgan fingerprint density at radius 2 is 1.06 bits per heavy atom. The first kappa shape index (κ1) is 35.5. The molecule has 0 radical (unpaired) electrons. The molecule has 0 aliphatic carbocycles. The Morgan fingerprint density at radius 3 is 1.31 bits per heavy atom. The summed E-state index contributed by atoms with van der Waals surface area (Å²) in [5, 5.41) is 19.1. The maximum absolute atomic E-state index is 9.57. The Kier molecular flexibility index (Phi) is 15.7. The van der Waals surface area contributed by atoms with E-state index in [1.807, 2.05) is 81.7 Å². The van der Waals surface area contributed by atoms with Crippen LogP contribution < -0.4 is 24.8 Å². The molecule has 2 N–H and O–H groups in total. The predicted octanol–water partition coefficient (Wildman–Crippen LogP) is 1.09. The summed E-state index contributed by atoms with van der Waals surface area (Å²) >= 11 is 2.01. The zero-order valence-electron chi connectivity index (χ0n) is 22.4. The molecule has 1 heterocycles. The molecule has 0 amide bonds. The quantitative estimate of drug-likeness (QED) is 0.445. The fourth-order valence-electron chi connectivity index (χ4n) is 3.16. The minimum absolute atomic E-state index is 0. The molecule has 0 saturated carbocycles. The number of nitrogens with zero attached hydrogens (tertiary/aromatic N) is 1. The van der Waals surface area contributed by atoms with Crippen LogP contribution in [-0.2, 0) is 30.8 Å². The van der Waals surface area contributed by atoms with Crippen molar-refractivity contribution in [2.75, 3.05) is 0 Å². The summed E-state index contributed by atoms with van der Waals surface area (Å²) < 4.78 is 2.04. The smallest absolute Gasteiger partial charge is 1.00 e. The molecule has 0 aliphatic rings. The van der Waals surface area contributed by atoms with Crippen LogP contribution >= 0.6 is 0 Å². The molecule has 0 atom stereocenters. The second kappa shape index (κ2) is 15.5. The molecular weight excluding hydrogens is 513 g/mol. The van der Waals surface area contributed by atoms with Gasteiger partial charge in [-0.05, 0) is 47.9 Å². The van der Waals surface area contributed by atoms with Gasteiger partial charge in [-0.2, -0.15) is 0 Å². The number of benzene rings is 2. The molecule has 0 unspecified atom stereocenters. The van der Waals surface area contributed by atoms with Gasteiger partial charge >= 0.3 is 65.8 Å². The fraction of sp³-hybridized carbons (Fsp3) is 0.379. The van der Waals surface area contributed by atoms with Crippen LogP contribution in [0.15, 0.2) is 54.9 Å². The SMILES string of the molecule is Cc1ccc(O)c(C(C)(C)C)c1.Cc1ccc(O)c(C(C)(C)C)c1.Cc1cncc([CH]=[Ti])c1.[Cl-].[Cl-]. The summed E-state index contributed by atoms with van der Waals surface area (Å²) in [6.07, 6.45) is 3.71. The minimum atomic E-state index is 0. The van der Waals surface area contributed by atoms with Crippen LogP contribution in [0.25, 0.3) is 0 Å². The zero-order chi connectivity index (χ0) is 25.4. The number of halogens is 2. The van der Waals surface area contributed by atoms with Gasteiger partial charge in [0.1, 0.15) is 11.5 Å². The van der Waals surface area contributed by atoms with E-state index in [0.29, 0.717) is 11.5 Å². The molecule has 3 aromatic rings. The number of rotatable bonds is 1. The monoisotopic (exact) mass is 551 g/mol. The number of aromatic nitrogens is 1. The number of hydrogen-bond acceptors (Lipinski definition) is 3. The molecule has 3 rings (SSSR count). The van der Waals surface area contributed by atoms with Crippen molar-refractivity contribution in [3.8, 4) is 11.5 Å². The van der Waals surface area contributed by atoms with Crippen molar-refractivity contribution in [2.24, 2.45) is 0 Å². The Labute approximate surface area is 236 Å². The standard InChI is InChI=1S/2C11H16O.C7H7N.2ClH.Ti/c2*1-8-5-6-10(12)9(7-8)11(2,3)4;1-6-3-7(2)5-8-4-6;;;/h2*5-7,12H,1-4H3;1,3-5H,2H3;2*1H;/p-2. The third kappa shape index (κ3) is 12.7. The molecule has 2 aromatic carbocycles. The maximum Gasteiger partial charge on any atom is -1.00 e. The van der Waals surface area contributed by atoms with E-state index in [0.717, 1.165) is 11.1 Å². The summed E-state index contributed by atoms with van der Waals surface area (Å²) in [5.41, 5.74) is 6.87. The summed E-state index contributed by atoms with van der Waals surface area (Å²) in [6.45, 7) is 18.7. The molecule has 3 nitrogen and oxygen atoms in total. The van der Waals surface area contributed by atoms with Gasteiger partial charge in [-0.15, -0.1) is 0 Å². The Morgan fingerprint density at radius 1 is 0.657 bits per heavy atom. The van der Waals surface area contributed by atoms with Crippen LogP contribution in [0.3, 0.4) is 0 Å². The van der Waals surface area contributed by atoms with Gasteiger partial charge in [-0.25, -0.2) is 0 Å².